The summed E-state index contributed by atoms with van der Waals surface area (Å²) in [4.78, 5) is 0.197. The minimum absolute atomic E-state index is 0.0901. The molecule has 1 N–H and O–H groups in total. The minimum Gasteiger partial charge on any atom is -0.211 e. The van der Waals surface area contributed by atoms with Crippen molar-refractivity contribution in [3.8, 4) is 0 Å². The van der Waals surface area contributed by atoms with Crippen molar-refractivity contribution in [3.63, 3.8) is 0 Å². The van der Waals surface area contributed by atoms with Crippen LogP contribution >= 0.6 is 23.2 Å². The summed E-state index contributed by atoms with van der Waals surface area (Å²) in [7, 11) is -3.51. The van der Waals surface area contributed by atoms with Crippen LogP contribution in [0.15, 0.2) is 29.2 Å². The molecule has 1 aliphatic rings. The summed E-state index contributed by atoms with van der Waals surface area (Å²) in [5.74, 6) is 0.491. The lowest BCUT2D eigenvalue weighted by molar-refractivity contribution is 0.342. The van der Waals surface area contributed by atoms with Crippen molar-refractivity contribution in [1.82, 2.24) is 4.72 Å². The molecule has 1 fully saturated rings. The molecule has 0 saturated heterocycles. The van der Waals surface area contributed by atoms with Gasteiger partial charge in [-0.2, -0.15) is 0 Å². The van der Waals surface area contributed by atoms with Gasteiger partial charge >= 0.3 is 0 Å². The molecule has 1 saturated carbocycles. The molecule has 0 bridgehead atoms. The maximum absolute atomic E-state index is 12.2. The first kappa shape index (κ1) is 15.1. The van der Waals surface area contributed by atoms with Crippen LogP contribution in [0.2, 0.25) is 5.02 Å². The van der Waals surface area contributed by atoms with Gasteiger partial charge in [-0.05, 0) is 36.5 Å². The average Bonchev–Trinajstić information content (AvgIpc) is 2.86. The van der Waals surface area contributed by atoms with Crippen molar-refractivity contribution in [2.45, 2.75) is 30.6 Å². The normalized spacial score (nSPS) is 18.6. The molecule has 106 valence electrons. The first-order valence-corrected chi connectivity index (χ1v) is 8.68. The lowest BCUT2D eigenvalue weighted by Crippen LogP contribution is -2.37. The zero-order valence-corrected chi connectivity index (χ0v) is 12.9. The van der Waals surface area contributed by atoms with E-state index in [9.17, 15) is 8.42 Å². The summed E-state index contributed by atoms with van der Waals surface area (Å²) in [5.41, 5.74) is -0.0901. The average molecular weight is 322 g/mol. The van der Waals surface area contributed by atoms with Gasteiger partial charge in [0.1, 0.15) is 0 Å². The number of nitrogens with one attached hydrogen (secondary N) is 1. The van der Waals surface area contributed by atoms with E-state index in [1.54, 1.807) is 12.1 Å². The number of rotatable bonds is 5. The van der Waals surface area contributed by atoms with Gasteiger partial charge in [0.05, 0.1) is 4.90 Å². The molecule has 1 aliphatic carbocycles. The van der Waals surface area contributed by atoms with Crippen LogP contribution in [-0.2, 0) is 10.0 Å². The van der Waals surface area contributed by atoms with Gasteiger partial charge in [-0.15, -0.1) is 11.6 Å². The Hall–Kier alpha value is -0.290. The molecular formula is C13H17Cl2NO2S. The molecular weight excluding hydrogens is 305 g/mol. The van der Waals surface area contributed by atoms with Crippen LogP contribution in [0.4, 0.5) is 0 Å². The van der Waals surface area contributed by atoms with Crippen LogP contribution in [0.3, 0.4) is 0 Å². The van der Waals surface area contributed by atoms with Crippen molar-refractivity contribution in [2.24, 2.45) is 5.41 Å². The second-order valence-corrected chi connectivity index (χ2v) is 7.59. The molecule has 6 heteroatoms. The Morgan fingerprint density at radius 2 is 1.95 bits per heavy atom. The fraction of sp³-hybridized carbons (Fsp3) is 0.538. The van der Waals surface area contributed by atoms with E-state index < -0.39 is 10.0 Å². The Morgan fingerprint density at radius 1 is 1.26 bits per heavy atom. The maximum atomic E-state index is 12.2. The van der Waals surface area contributed by atoms with Gasteiger partial charge in [0.15, 0.2) is 0 Å². The van der Waals surface area contributed by atoms with Crippen LogP contribution in [0, 0.1) is 5.41 Å². The highest BCUT2D eigenvalue weighted by Gasteiger charge is 2.34. The number of hydrogen-bond donors (Lipinski definition) is 1. The molecule has 1 aromatic rings. The van der Waals surface area contributed by atoms with Crippen LogP contribution < -0.4 is 4.72 Å². The van der Waals surface area contributed by atoms with Crippen molar-refractivity contribution in [2.75, 3.05) is 12.4 Å². The van der Waals surface area contributed by atoms with E-state index >= 15 is 0 Å². The molecule has 0 radical (unpaired) electrons. The van der Waals surface area contributed by atoms with E-state index in [0.29, 0.717) is 17.4 Å². The second kappa shape index (κ2) is 6.00. The fourth-order valence-electron chi connectivity index (χ4n) is 2.45. The van der Waals surface area contributed by atoms with E-state index in [0.717, 1.165) is 25.7 Å². The molecule has 0 spiro atoms. The summed E-state index contributed by atoms with van der Waals surface area (Å²) < 4.78 is 27.0. The van der Waals surface area contributed by atoms with Gasteiger partial charge in [0.2, 0.25) is 10.0 Å². The Kier molecular flexibility index (Phi) is 4.77. The molecule has 0 aliphatic heterocycles. The third-order valence-corrected chi connectivity index (χ3v) is 5.89. The monoisotopic (exact) mass is 321 g/mol. The largest absolute Gasteiger partial charge is 0.240 e. The lowest BCUT2D eigenvalue weighted by atomic mass is 9.89. The summed E-state index contributed by atoms with van der Waals surface area (Å²) in [6.07, 6.45) is 4.19. The van der Waals surface area contributed by atoms with E-state index in [1.165, 1.54) is 12.1 Å². The number of benzene rings is 1. The van der Waals surface area contributed by atoms with Crippen molar-refractivity contribution in [1.29, 1.82) is 0 Å². The Morgan fingerprint density at radius 3 is 2.53 bits per heavy atom. The number of sulfonamides is 1. The molecule has 0 aromatic heterocycles. The summed E-state index contributed by atoms with van der Waals surface area (Å²) in [6.45, 7) is 0.394. The van der Waals surface area contributed by atoms with E-state index in [-0.39, 0.29) is 10.3 Å². The highest BCUT2D eigenvalue weighted by molar-refractivity contribution is 7.89. The molecule has 2 rings (SSSR count). The first-order valence-electron chi connectivity index (χ1n) is 6.29. The summed E-state index contributed by atoms with van der Waals surface area (Å²) in [6, 6.07) is 6.27. The molecule has 3 nitrogen and oxygen atoms in total. The van der Waals surface area contributed by atoms with E-state index in [2.05, 4.69) is 4.72 Å². The van der Waals surface area contributed by atoms with Gasteiger partial charge in [-0.25, -0.2) is 13.1 Å². The molecule has 0 unspecified atom stereocenters. The number of alkyl halides is 1. The Labute approximate surface area is 124 Å². The first-order chi connectivity index (χ1) is 8.97. The summed E-state index contributed by atoms with van der Waals surface area (Å²) in [5, 5.41) is 0.413. The van der Waals surface area contributed by atoms with E-state index in [1.807, 2.05) is 0 Å². The Bertz CT molecular complexity index is 539. The molecule has 0 atom stereocenters. The standard InChI is InChI=1S/C13H17Cl2NO2S/c14-9-13(6-1-2-7-13)10-16-19(17,18)12-5-3-4-11(15)8-12/h3-5,8,16H,1-2,6-7,9-10H2. The van der Waals surface area contributed by atoms with Crippen LogP contribution in [0.25, 0.3) is 0 Å². The maximum Gasteiger partial charge on any atom is 0.240 e. The molecule has 0 amide bonds. The van der Waals surface area contributed by atoms with Gasteiger partial charge < -0.3 is 0 Å². The number of halogens is 2. The zero-order chi connectivity index (χ0) is 13.9. The second-order valence-electron chi connectivity index (χ2n) is 5.12. The fourth-order valence-corrected chi connectivity index (χ4v) is 4.27. The quantitative estimate of drug-likeness (QED) is 0.844. The lowest BCUT2D eigenvalue weighted by Gasteiger charge is -2.26. The van der Waals surface area contributed by atoms with Crippen molar-refractivity contribution in [3.05, 3.63) is 29.3 Å². The van der Waals surface area contributed by atoms with Gasteiger partial charge in [-0.3, -0.25) is 0 Å². The van der Waals surface area contributed by atoms with Crippen molar-refractivity contribution < 1.29 is 8.42 Å². The van der Waals surface area contributed by atoms with Crippen LogP contribution in [0.5, 0.6) is 0 Å². The smallest absolute Gasteiger partial charge is 0.211 e. The predicted octanol–water partition coefficient (Wildman–Crippen LogP) is 3.42. The third kappa shape index (κ3) is 3.63. The van der Waals surface area contributed by atoms with Crippen molar-refractivity contribution >= 4 is 33.2 Å². The highest BCUT2D eigenvalue weighted by Crippen LogP contribution is 2.38. The van der Waals surface area contributed by atoms with Gasteiger partial charge in [0.25, 0.3) is 0 Å². The highest BCUT2D eigenvalue weighted by atomic mass is 35.5. The van der Waals surface area contributed by atoms with Crippen LogP contribution in [-0.4, -0.2) is 20.8 Å². The van der Waals surface area contributed by atoms with Crippen LogP contribution in [0.1, 0.15) is 25.7 Å². The SMILES string of the molecule is O=S(=O)(NCC1(CCl)CCCC1)c1cccc(Cl)c1. The predicted molar refractivity (Wildman–Crippen MR) is 78.3 cm³/mol. The minimum atomic E-state index is -3.51. The van der Waals surface area contributed by atoms with Gasteiger partial charge in [-0.1, -0.05) is 30.5 Å². The number of hydrogen-bond acceptors (Lipinski definition) is 2. The third-order valence-electron chi connectivity index (χ3n) is 3.69. The Balaban J connectivity index is 2.09. The summed E-state index contributed by atoms with van der Waals surface area (Å²) >= 11 is 11.8. The van der Waals surface area contributed by atoms with E-state index in [4.69, 9.17) is 23.2 Å². The topological polar surface area (TPSA) is 46.2 Å². The molecule has 19 heavy (non-hydrogen) atoms. The zero-order valence-electron chi connectivity index (χ0n) is 10.5. The van der Waals surface area contributed by atoms with Gasteiger partial charge in [0, 0.05) is 17.4 Å². The molecule has 1 aromatic carbocycles. The molecule has 0 heterocycles.